The molecule has 16 heteroatoms. The number of hydrogen-bond acceptors (Lipinski definition) is 11. The molecule has 4 unspecified atom stereocenters. The first-order valence-corrected chi connectivity index (χ1v) is 7.41. The molecule has 0 radical (unpaired) electrons. The Kier molecular flexibility index (Phi) is 9.45. The van der Waals surface area contributed by atoms with E-state index in [2.05, 4.69) is 3.63 Å². The smallest absolute Gasteiger partial charge is 0.413 e. The number of aldehydes is 1. The molecular weight excluding hydrogens is 360 g/mol. The number of aliphatic hydroxyl groups excluding tert-OH is 4. The van der Waals surface area contributed by atoms with Gasteiger partial charge in [-0.05, 0) is 0 Å². The molecule has 0 heterocycles. The Hall–Kier alpha value is -1.24. The van der Waals surface area contributed by atoms with Gasteiger partial charge in [0.2, 0.25) is 0 Å². The van der Waals surface area contributed by atoms with Crippen LogP contribution in [-0.2, 0) is 34.0 Å². The van der Waals surface area contributed by atoms with Gasteiger partial charge in [0, 0.05) is 0 Å². The summed E-state index contributed by atoms with van der Waals surface area (Å²) < 4.78 is 55.6. The van der Waals surface area contributed by atoms with Gasteiger partial charge in [0.25, 0.3) is 0 Å². The van der Waals surface area contributed by atoms with E-state index in [-0.39, 0.29) is 6.29 Å². The van der Waals surface area contributed by atoms with E-state index in [1.54, 1.807) is 0 Å². The topological polar surface area (TPSA) is 253 Å². The Bertz CT molecular complexity index is 532. The van der Waals surface area contributed by atoms with Crippen molar-refractivity contribution in [2.45, 2.75) is 24.4 Å². The van der Waals surface area contributed by atoms with Gasteiger partial charge < -0.3 is 30.3 Å². The monoisotopic (exact) mass is 372 g/mol. The van der Waals surface area contributed by atoms with Crippen LogP contribution >= 0.6 is 0 Å². The van der Waals surface area contributed by atoms with E-state index in [4.69, 9.17) is 34.6 Å². The maximum absolute atomic E-state index is 10.1. The molecule has 4 atom stereocenters. The molecule has 22 heavy (non-hydrogen) atoms. The van der Waals surface area contributed by atoms with E-state index in [0.29, 0.717) is 0 Å². The Balaban J connectivity index is 0. The van der Waals surface area contributed by atoms with Gasteiger partial charge >= 0.3 is 26.8 Å². The van der Waals surface area contributed by atoms with Gasteiger partial charge in [0.15, 0.2) is 12.4 Å². The highest BCUT2D eigenvalue weighted by Gasteiger charge is 2.34. The maximum atomic E-state index is 10.1. The lowest BCUT2D eigenvalue weighted by Crippen LogP contribution is -2.48. The zero-order valence-corrected chi connectivity index (χ0v) is 11.8. The van der Waals surface area contributed by atoms with Crippen molar-refractivity contribution in [3.8, 4) is 0 Å². The van der Waals surface area contributed by atoms with Crippen LogP contribution in [0.3, 0.4) is 0 Å². The van der Waals surface area contributed by atoms with Crippen LogP contribution < -0.4 is 0 Å². The SMILES string of the molecule is O=CC(O)C(O)C(O)C(O)C(=O)O.O=S(=O)(O)OS(=O)(=O)O. The average Bonchev–Trinajstić information content (AvgIpc) is 2.31. The van der Waals surface area contributed by atoms with Crippen LogP contribution in [0.15, 0.2) is 0 Å². The Morgan fingerprint density at radius 1 is 0.909 bits per heavy atom. The van der Waals surface area contributed by atoms with Crippen LogP contribution in [-0.4, -0.2) is 88.1 Å². The van der Waals surface area contributed by atoms with Gasteiger partial charge in [0.05, 0.1) is 0 Å². The Morgan fingerprint density at radius 2 is 1.27 bits per heavy atom. The highest BCUT2D eigenvalue weighted by atomic mass is 32.3. The van der Waals surface area contributed by atoms with Crippen LogP contribution in [0, 0.1) is 0 Å². The van der Waals surface area contributed by atoms with Gasteiger partial charge in [-0.1, -0.05) is 0 Å². The second-order valence-electron chi connectivity index (χ2n) is 3.31. The van der Waals surface area contributed by atoms with Crippen molar-refractivity contribution in [2.75, 3.05) is 0 Å². The molecule has 0 amide bonds. The van der Waals surface area contributed by atoms with Crippen molar-refractivity contribution in [1.29, 1.82) is 0 Å². The van der Waals surface area contributed by atoms with Gasteiger partial charge in [-0.15, -0.1) is 3.63 Å². The minimum atomic E-state index is -5.12. The zero-order chi connectivity index (χ0) is 18.3. The molecule has 0 aromatic carbocycles. The summed E-state index contributed by atoms with van der Waals surface area (Å²) >= 11 is 0. The van der Waals surface area contributed by atoms with Gasteiger partial charge in [-0.25, -0.2) is 4.79 Å². The normalized spacial score (nSPS) is 17.4. The average molecular weight is 372 g/mol. The second kappa shape index (κ2) is 9.02. The summed E-state index contributed by atoms with van der Waals surface area (Å²) in [5, 5.41) is 43.2. The number of rotatable bonds is 7. The van der Waals surface area contributed by atoms with E-state index in [1.165, 1.54) is 0 Å². The van der Waals surface area contributed by atoms with E-state index in [9.17, 15) is 26.4 Å². The molecule has 0 aliphatic carbocycles. The Morgan fingerprint density at radius 3 is 1.45 bits per heavy atom. The van der Waals surface area contributed by atoms with Gasteiger partial charge in [-0.3, -0.25) is 9.11 Å². The summed E-state index contributed by atoms with van der Waals surface area (Å²) in [7, 11) is -10.2. The zero-order valence-electron chi connectivity index (χ0n) is 10.2. The van der Waals surface area contributed by atoms with Gasteiger partial charge in [0.1, 0.15) is 18.3 Å². The first kappa shape index (κ1) is 23.0. The number of aliphatic carboxylic acids is 1. The summed E-state index contributed by atoms with van der Waals surface area (Å²) in [6.45, 7) is 0. The minimum Gasteiger partial charge on any atom is -0.479 e. The lowest BCUT2D eigenvalue weighted by Gasteiger charge is -2.21. The summed E-state index contributed by atoms with van der Waals surface area (Å²) in [4.78, 5) is 20.0. The van der Waals surface area contributed by atoms with Crippen molar-refractivity contribution >= 4 is 33.1 Å². The van der Waals surface area contributed by atoms with E-state index < -0.39 is 51.2 Å². The van der Waals surface area contributed by atoms with E-state index in [0.717, 1.165) is 0 Å². The summed E-state index contributed by atoms with van der Waals surface area (Å²) in [5.41, 5.74) is 0. The number of hydrogen-bond donors (Lipinski definition) is 7. The van der Waals surface area contributed by atoms with Crippen LogP contribution in [0.5, 0.6) is 0 Å². The lowest BCUT2D eigenvalue weighted by molar-refractivity contribution is -0.163. The minimum absolute atomic E-state index is 0.0809. The van der Waals surface area contributed by atoms with Gasteiger partial charge in [-0.2, -0.15) is 16.8 Å². The highest BCUT2D eigenvalue weighted by Crippen LogP contribution is 2.03. The fraction of sp³-hybridized carbons (Fsp3) is 0.667. The first-order valence-electron chi connectivity index (χ1n) is 4.68. The third kappa shape index (κ3) is 11.4. The molecule has 0 aliphatic rings. The molecule has 0 fully saturated rings. The number of carbonyl (C=O) groups is 2. The van der Waals surface area contributed by atoms with E-state index in [1.807, 2.05) is 0 Å². The van der Waals surface area contributed by atoms with Crippen molar-refractivity contribution in [3.63, 3.8) is 0 Å². The fourth-order valence-corrected chi connectivity index (χ4v) is 1.59. The molecule has 132 valence electrons. The molecule has 0 saturated carbocycles. The predicted octanol–water partition coefficient (Wildman–Crippen LogP) is -4.68. The quantitative estimate of drug-likeness (QED) is 0.164. The summed E-state index contributed by atoms with van der Waals surface area (Å²) in [6, 6.07) is 0. The Labute approximate surface area is 123 Å². The molecule has 7 N–H and O–H groups in total. The van der Waals surface area contributed by atoms with Crippen LogP contribution in [0.25, 0.3) is 0 Å². The van der Waals surface area contributed by atoms with Crippen molar-refractivity contribution in [1.82, 2.24) is 0 Å². The summed E-state index contributed by atoms with van der Waals surface area (Å²) in [5.74, 6) is -1.76. The number of carboxylic acid groups (broad SMARTS) is 1. The fourth-order valence-electron chi connectivity index (χ4n) is 0.724. The highest BCUT2D eigenvalue weighted by molar-refractivity contribution is 7.94. The molecule has 14 nitrogen and oxygen atoms in total. The number of aliphatic hydroxyl groups is 4. The molecule has 0 rings (SSSR count). The third-order valence-corrected chi connectivity index (χ3v) is 2.96. The maximum Gasteiger partial charge on any atom is 0.413 e. The predicted molar refractivity (Wildman–Crippen MR) is 61.9 cm³/mol. The molecular formula is C6H12O14S2. The molecule has 0 saturated heterocycles. The molecule has 0 aliphatic heterocycles. The lowest BCUT2D eigenvalue weighted by atomic mass is 10.0. The van der Waals surface area contributed by atoms with Crippen LogP contribution in [0.4, 0.5) is 0 Å². The van der Waals surface area contributed by atoms with E-state index >= 15 is 0 Å². The number of carbonyl (C=O) groups excluding carboxylic acids is 1. The molecule has 0 bridgehead atoms. The van der Waals surface area contributed by atoms with Crippen molar-refractivity contribution in [3.05, 3.63) is 0 Å². The van der Waals surface area contributed by atoms with Crippen molar-refractivity contribution in [2.24, 2.45) is 0 Å². The second-order valence-corrected chi connectivity index (χ2v) is 5.57. The van der Waals surface area contributed by atoms with Crippen LogP contribution in [0.2, 0.25) is 0 Å². The summed E-state index contributed by atoms with van der Waals surface area (Å²) in [6.07, 6.45) is -8.39. The first-order chi connectivity index (χ1) is 9.62. The largest absolute Gasteiger partial charge is 0.479 e. The third-order valence-electron chi connectivity index (χ3n) is 1.59. The standard InChI is InChI=1S/C6H10O7.H2O7S2/c7-1-2(8)3(9)4(10)5(11)6(12)13;1-8(2,3)7-9(4,5)6/h1-5,8-11H,(H,12,13);(H,1,2,3)(H,4,5,6). The van der Waals surface area contributed by atoms with Crippen LogP contribution in [0.1, 0.15) is 0 Å². The van der Waals surface area contributed by atoms with Crippen molar-refractivity contribution < 1.29 is 64.7 Å². The molecule has 0 aromatic rings. The number of carboxylic acids is 1. The molecule has 0 aromatic heterocycles. The molecule has 0 spiro atoms.